The lowest BCUT2D eigenvalue weighted by atomic mass is 10.5. The van der Waals surface area contributed by atoms with Gasteiger partial charge < -0.3 is 15.5 Å². The van der Waals surface area contributed by atoms with Crippen molar-refractivity contribution in [3.8, 4) is 0 Å². The number of anilines is 1. The molecule has 0 aliphatic heterocycles. The van der Waals surface area contributed by atoms with Crippen LogP contribution in [-0.4, -0.2) is 50.1 Å². The Morgan fingerprint density at radius 3 is 2.84 bits per heavy atom. The van der Waals surface area contributed by atoms with Gasteiger partial charge in [0.15, 0.2) is 11.1 Å². The van der Waals surface area contributed by atoms with Crippen LogP contribution in [0.3, 0.4) is 0 Å². The van der Waals surface area contributed by atoms with Crippen LogP contribution >= 0.6 is 23.1 Å². The first-order valence-corrected chi connectivity index (χ1v) is 8.57. The molecule has 1 aromatic heterocycles. The number of hydrogen-bond acceptors (Lipinski definition) is 5. The van der Waals surface area contributed by atoms with Crippen LogP contribution in [0.4, 0.5) is 5.13 Å². The van der Waals surface area contributed by atoms with Crippen molar-refractivity contribution in [1.82, 2.24) is 15.6 Å². The fraction of sp³-hybridized carbons (Fsp3) is 0.667. The molecule has 0 unspecified atom stereocenters. The minimum Gasteiger partial charge on any atom is -0.357 e. The first-order chi connectivity index (χ1) is 9.17. The SMILES string of the molecule is CCNC(=NCc1csc(N(C)C)n1)NCCSC. The van der Waals surface area contributed by atoms with Crippen LogP contribution in [0, 0.1) is 0 Å². The molecule has 0 amide bonds. The number of guanidine groups is 1. The zero-order valence-electron chi connectivity index (χ0n) is 12.1. The molecule has 2 N–H and O–H groups in total. The van der Waals surface area contributed by atoms with Gasteiger partial charge in [0, 0.05) is 38.3 Å². The molecule has 1 rings (SSSR count). The van der Waals surface area contributed by atoms with Crippen LogP contribution < -0.4 is 15.5 Å². The van der Waals surface area contributed by atoms with Gasteiger partial charge in [-0.1, -0.05) is 0 Å². The maximum Gasteiger partial charge on any atom is 0.191 e. The molecular formula is C12H23N5S2. The summed E-state index contributed by atoms with van der Waals surface area (Å²) in [6.07, 6.45) is 2.10. The molecule has 0 radical (unpaired) electrons. The van der Waals surface area contributed by atoms with Gasteiger partial charge in [-0.25, -0.2) is 9.98 Å². The number of nitrogens with zero attached hydrogens (tertiary/aromatic N) is 3. The highest BCUT2D eigenvalue weighted by molar-refractivity contribution is 7.98. The highest BCUT2D eigenvalue weighted by atomic mass is 32.2. The minimum absolute atomic E-state index is 0.610. The van der Waals surface area contributed by atoms with Crippen LogP contribution in [-0.2, 0) is 6.54 Å². The molecule has 1 heterocycles. The molecule has 1 aromatic rings. The normalized spacial score (nSPS) is 11.5. The molecule has 7 heteroatoms. The van der Waals surface area contributed by atoms with Crippen LogP contribution in [0.2, 0.25) is 0 Å². The van der Waals surface area contributed by atoms with Crippen molar-refractivity contribution in [2.75, 3.05) is 44.1 Å². The Labute approximate surface area is 123 Å². The maximum atomic E-state index is 4.54. The van der Waals surface area contributed by atoms with E-state index in [1.165, 1.54) is 0 Å². The van der Waals surface area contributed by atoms with Crippen LogP contribution in [0.15, 0.2) is 10.4 Å². The van der Waals surface area contributed by atoms with E-state index in [0.29, 0.717) is 6.54 Å². The lowest BCUT2D eigenvalue weighted by Crippen LogP contribution is -2.38. The van der Waals surface area contributed by atoms with E-state index in [-0.39, 0.29) is 0 Å². The maximum absolute atomic E-state index is 4.54. The zero-order chi connectivity index (χ0) is 14.1. The quantitative estimate of drug-likeness (QED) is 0.455. The third-order valence-corrected chi connectivity index (χ3v) is 3.93. The monoisotopic (exact) mass is 301 g/mol. The van der Waals surface area contributed by atoms with E-state index in [0.717, 1.165) is 35.6 Å². The molecule has 108 valence electrons. The summed E-state index contributed by atoms with van der Waals surface area (Å²) >= 11 is 3.47. The number of thiazole rings is 1. The Morgan fingerprint density at radius 1 is 1.47 bits per heavy atom. The minimum atomic E-state index is 0.610. The number of nitrogens with one attached hydrogen (secondary N) is 2. The molecule has 19 heavy (non-hydrogen) atoms. The number of hydrogen-bond donors (Lipinski definition) is 2. The standard InChI is InChI=1S/C12H23N5S2/c1-5-13-11(14-6-7-18-4)15-8-10-9-19-12(16-10)17(2)3/h9H,5-8H2,1-4H3,(H2,13,14,15). The van der Waals surface area contributed by atoms with Crippen molar-refractivity contribution < 1.29 is 0 Å². The lowest BCUT2D eigenvalue weighted by Gasteiger charge is -2.10. The van der Waals surface area contributed by atoms with E-state index in [2.05, 4.69) is 39.2 Å². The van der Waals surface area contributed by atoms with Crippen LogP contribution in [0.5, 0.6) is 0 Å². The molecule has 0 fully saturated rings. The topological polar surface area (TPSA) is 52.6 Å². The summed E-state index contributed by atoms with van der Waals surface area (Å²) in [7, 11) is 4.00. The Morgan fingerprint density at radius 2 is 2.26 bits per heavy atom. The second-order valence-corrected chi connectivity index (χ2v) is 5.95. The van der Waals surface area contributed by atoms with Crippen LogP contribution in [0.25, 0.3) is 0 Å². The highest BCUT2D eigenvalue weighted by Gasteiger charge is 2.03. The van der Waals surface area contributed by atoms with Crippen molar-refractivity contribution >= 4 is 34.2 Å². The second kappa shape index (κ2) is 9.03. The van der Waals surface area contributed by atoms with E-state index >= 15 is 0 Å². The van der Waals surface area contributed by atoms with Crippen molar-refractivity contribution in [3.05, 3.63) is 11.1 Å². The Hall–Kier alpha value is -0.950. The summed E-state index contributed by atoms with van der Waals surface area (Å²) in [4.78, 5) is 11.1. The van der Waals surface area contributed by atoms with E-state index in [9.17, 15) is 0 Å². The molecule has 0 saturated heterocycles. The Balaban J connectivity index is 2.52. The Kier molecular flexibility index (Phi) is 7.66. The summed E-state index contributed by atoms with van der Waals surface area (Å²) < 4.78 is 0. The highest BCUT2D eigenvalue weighted by Crippen LogP contribution is 2.18. The van der Waals surface area contributed by atoms with Crippen molar-refractivity contribution in [2.45, 2.75) is 13.5 Å². The van der Waals surface area contributed by atoms with Gasteiger partial charge in [-0.05, 0) is 13.2 Å². The Bertz CT molecular complexity index is 389. The number of aliphatic imine (C=N–C) groups is 1. The van der Waals surface area contributed by atoms with E-state index < -0.39 is 0 Å². The molecule has 0 aliphatic carbocycles. The first-order valence-electron chi connectivity index (χ1n) is 6.30. The van der Waals surface area contributed by atoms with Gasteiger partial charge in [0.2, 0.25) is 0 Å². The summed E-state index contributed by atoms with van der Waals surface area (Å²) in [5.74, 6) is 1.93. The second-order valence-electron chi connectivity index (χ2n) is 4.13. The van der Waals surface area contributed by atoms with Gasteiger partial charge in [-0.15, -0.1) is 11.3 Å². The number of thioether (sulfide) groups is 1. The molecule has 0 aliphatic rings. The molecule has 5 nitrogen and oxygen atoms in total. The number of rotatable bonds is 7. The molecule has 0 saturated carbocycles. The summed E-state index contributed by atoms with van der Waals surface area (Å²) in [6, 6.07) is 0. The van der Waals surface area contributed by atoms with Gasteiger partial charge in [0.05, 0.1) is 12.2 Å². The van der Waals surface area contributed by atoms with Crippen molar-refractivity contribution in [3.63, 3.8) is 0 Å². The van der Waals surface area contributed by atoms with E-state index in [4.69, 9.17) is 0 Å². The summed E-state index contributed by atoms with van der Waals surface area (Å²) in [5.41, 5.74) is 1.01. The largest absolute Gasteiger partial charge is 0.357 e. The van der Waals surface area contributed by atoms with Gasteiger partial charge in [-0.3, -0.25) is 0 Å². The average molecular weight is 301 g/mol. The van der Waals surface area contributed by atoms with Gasteiger partial charge in [-0.2, -0.15) is 11.8 Å². The molecular weight excluding hydrogens is 278 g/mol. The molecule has 0 spiro atoms. The average Bonchev–Trinajstić information content (AvgIpc) is 2.85. The zero-order valence-corrected chi connectivity index (χ0v) is 13.7. The predicted molar refractivity (Wildman–Crippen MR) is 87.6 cm³/mol. The van der Waals surface area contributed by atoms with Gasteiger partial charge in [0.25, 0.3) is 0 Å². The van der Waals surface area contributed by atoms with E-state index in [1.54, 1.807) is 11.3 Å². The van der Waals surface area contributed by atoms with Crippen molar-refractivity contribution in [2.24, 2.45) is 4.99 Å². The molecule has 0 atom stereocenters. The third-order valence-electron chi connectivity index (χ3n) is 2.26. The number of aromatic nitrogens is 1. The van der Waals surface area contributed by atoms with Gasteiger partial charge >= 0.3 is 0 Å². The lowest BCUT2D eigenvalue weighted by molar-refractivity contribution is 0.838. The molecule has 0 aromatic carbocycles. The fourth-order valence-electron chi connectivity index (χ4n) is 1.35. The summed E-state index contributed by atoms with van der Waals surface area (Å²) in [5, 5.41) is 9.62. The van der Waals surface area contributed by atoms with Crippen molar-refractivity contribution in [1.29, 1.82) is 0 Å². The van der Waals surface area contributed by atoms with Crippen LogP contribution in [0.1, 0.15) is 12.6 Å². The first kappa shape index (κ1) is 16.1. The molecule has 0 bridgehead atoms. The van der Waals surface area contributed by atoms with E-state index in [1.807, 2.05) is 30.8 Å². The smallest absolute Gasteiger partial charge is 0.191 e. The third kappa shape index (κ3) is 6.15. The van der Waals surface area contributed by atoms with Gasteiger partial charge in [0.1, 0.15) is 0 Å². The fourth-order valence-corrected chi connectivity index (χ4v) is 2.40. The predicted octanol–water partition coefficient (Wildman–Crippen LogP) is 1.63. The summed E-state index contributed by atoms with van der Waals surface area (Å²) in [6.45, 7) is 4.47.